The first kappa shape index (κ1) is 19.4. The van der Waals surface area contributed by atoms with Gasteiger partial charge in [-0.15, -0.1) is 10.2 Å². The van der Waals surface area contributed by atoms with Crippen molar-refractivity contribution in [2.45, 2.75) is 45.3 Å². The van der Waals surface area contributed by atoms with Crippen molar-refractivity contribution in [2.24, 2.45) is 5.92 Å². The zero-order chi connectivity index (χ0) is 17.4. The average Bonchev–Trinajstić information content (AvgIpc) is 2.91. The highest BCUT2D eigenvalue weighted by atomic mass is 32.2. The lowest BCUT2D eigenvalue weighted by Gasteiger charge is -2.12. The van der Waals surface area contributed by atoms with Gasteiger partial charge in [-0.2, -0.15) is 0 Å². The number of ether oxygens (including phenoxy) is 1. The van der Waals surface area contributed by atoms with Crippen LogP contribution in [0.15, 0.2) is 5.16 Å². The number of hydrogen-bond donors (Lipinski definition) is 2. The highest BCUT2D eigenvalue weighted by Crippen LogP contribution is 2.21. The number of carbonyl (C=O) groups excluding carboxylic acids is 2. The minimum atomic E-state index is -0.295. The molecule has 0 radical (unpaired) electrons. The molecule has 0 atom stereocenters. The third-order valence-corrected chi connectivity index (χ3v) is 3.93. The molecule has 0 unspecified atom stereocenters. The average molecular weight is 343 g/mol. The standard InChI is InChI=1S/C14H25N5O3S/c1-9(2)12-16-18-14(19(12)6-7-22-5)23-8-11(20)15-17-13(21)10(3)4/h9-10H,6-8H2,1-5H3,(H,15,20)(H,17,21). The summed E-state index contributed by atoms with van der Waals surface area (Å²) in [5.74, 6) is 0.520. The van der Waals surface area contributed by atoms with Crippen molar-refractivity contribution in [2.75, 3.05) is 19.5 Å². The summed E-state index contributed by atoms with van der Waals surface area (Å²) in [6, 6.07) is 0. The molecule has 0 fully saturated rings. The van der Waals surface area contributed by atoms with Crippen LogP contribution in [0.5, 0.6) is 0 Å². The number of rotatable bonds is 8. The molecule has 1 heterocycles. The van der Waals surface area contributed by atoms with Gasteiger partial charge in [-0.25, -0.2) is 0 Å². The lowest BCUT2D eigenvalue weighted by Crippen LogP contribution is -2.44. The number of nitrogens with one attached hydrogen (secondary N) is 2. The van der Waals surface area contributed by atoms with E-state index < -0.39 is 0 Å². The molecule has 130 valence electrons. The second-order valence-electron chi connectivity index (χ2n) is 5.62. The quantitative estimate of drug-likeness (QED) is 0.538. The van der Waals surface area contributed by atoms with Gasteiger partial charge in [-0.1, -0.05) is 39.5 Å². The van der Waals surface area contributed by atoms with Gasteiger partial charge in [0.25, 0.3) is 0 Å². The number of aromatic nitrogens is 3. The summed E-state index contributed by atoms with van der Waals surface area (Å²) in [6.07, 6.45) is 0. The van der Waals surface area contributed by atoms with Crippen LogP contribution in [0.1, 0.15) is 39.4 Å². The zero-order valence-electron chi connectivity index (χ0n) is 14.3. The van der Waals surface area contributed by atoms with Crippen LogP contribution in [0.25, 0.3) is 0 Å². The molecule has 1 rings (SSSR count). The summed E-state index contributed by atoms with van der Waals surface area (Å²) in [5, 5.41) is 8.98. The largest absolute Gasteiger partial charge is 0.383 e. The smallest absolute Gasteiger partial charge is 0.248 e. The molecule has 0 saturated carbocycles. The molecule has 2 amide bonds. The monoisotopic (exact) mass is 343 g/mol. The summed E-state index contributed by atoms with van der Waals surface area (Å²) >= 11 is 1.27. The van der Waals surface area contributed by atoms with E-state index in [0.717, 1.165) is 5.82 Å². The molecule has 1 aromatic rings. The predicted molar refractivity (Wildman–Crippen MR) is 87.8 cm³/mol. The Hall–Kier alpha value is -1.61. The molecule has 0 aliphatic rings. The first-order valence-electron chi connectivity index (χ1n) is 7.50. The molecule has 0 aliphatic heterocycles. The molecule has 8 nitrogen and oxygen atoms in total. The third kappa shape index (κ3) is 6.19. The summed E-state index contributed by atoms with van der Waals surface area (Å²) in [4.78, 5) is 23.2. The Morgan fingerprint density at radius 2 is 1.91 bits per heavy atom. The summed E-state index contributed by atoms with van der Waals surface area (Å²) in [6.45, 7) is 8.75. The molecule has 0 aromatic carbocycles. The fourth-order valence-corrected chi connectivity index (χ4v) is 2.44. The number of thioether (sulfide) groups is 1. The fraction of sp³-hybridized carbons (Fsp3) is 0.714. The molecule has 23 heavy (non-hydrogen) atoms. The molecule has 0 aliphatic carbocycles. The molecule has 0 saturated heterocycles. The molecule has 2 N–H and O–H groups in total. The first-order chi connectivity index (χ1) is 10.9. The van der Waals surface area contributed by atoms with E-state index in [4.69, 9.17) is 4.74 Å². The molecule has 1 aromatic heterocycles. The SMILES string of the molecule is COCCn1c(SCC(=O)NNC(=O)C(C)C)nnc1C(C)C. The van der Waals surface area contributed by atoms with Gasteiger partial charge in [0.15, 0.2) is 5.16 Å². The van der Waals surface area contributed by atoms with Crippen molar-refractivity contribution in [3.63, 3.8) is 0 Å². The van der Waals surface area contributed by atoms with Crippen LogP contribution >= 0.6 is 11.8 Å². The topological polar surface area (TPSA) is 98.1 Å². The number of carbonyl (C=O) groups is 2. The van der Waals surface area contributed by atoms with Crippen molar-refractivity contribution in [3.05, 3.63) is 5.82 Å². The Kier molecular flexibility index (Phi) is 8.04. The summed E-state index contributed by atoms with van der Waals surface area (Å²) in [7, 11) is 1.64. The van der Waals surface area contributed by atoms with Crippen LogP contribution in [0.4, 0.5) is 0 Å². The Labute approximate surface area is 140 Å². The van der Waals surface area contributed by atoms with Crippen molar-refractivity contribution in [1.29, 1.82) is 0 Å². The molecular weight excluding hydrogens is 318 g/mol. The van der Waals surface area contributed by atoms with E-state index in [0.29, 0.717) is 18.3 Å². The van der Waals surface area contributed by atoms with Gasteiger partial charge in [0, 0.05) is 25.5 Å². The van der Waals surface area contributed by atoms with Crippen molar-refractivity contribution >= 4 is 23.6 Å². The van der Waals surface area contributed by atoms with E-state index >= 15 is 0 Å². The van der Waals surface area contributed by atoms with Crippen LogP contribution in [0.3, 0.4) is 0 Å². The van der Waals surface area contributed by atoms with E-state index in [9.17, 15) is 9.59 Å². The lowest BCUT2D eigenvalue weighted by atomic mass is 10.2. The van der Waals surface area contributed by atoms with E-state index in [1.165, 1.54) is 11.8 Å². The van der Waals surface area contributed by atoms with Crippen LogP contribution in [-0.2, 0) is 20.9 Å². The Balaban J connectivity index is 2.59. The summed E-state index contributed by atoms with van der Waals surface area (Å²) in [5.41, 5.74) is 4.76. The minimum absolute atomic E-state index is 0.140. The van der Waals surface area contributed by atoms with Gasteiger partial charge >= 0.3 is 0 Å². The normalized spacial score (nSPS) is 11.1. The number of amides is 2. The number of hydrogen-bond acceptors (Lipinski definition) is 6. The molecule has 0 spiro atoms. The van der Waals surface area contributed by atoms with Gasteiger partial charge in [-0.3, -0.25) is 20.4 Å². The maximum Gasteiger partial charge on any atom is 0.248 e. The van der Waals surface area contributed by atoms with Crippen molar-refractivity contribution in [3.8, 4) is 0 Å². The summed E-state index contributed by atoms with van der Waals surface area (Å²) < 4.78 is 7.06. The number of hydrazine groups is 1. The first-order valence-corrected chi connectivity index (χ1v) is 8.48. The Bertz CT molecular complexity index is 530. The molecule has 9 heteroatoms. The highest BCUT2D eigenvalue weighted by molar-refractivity contribution is 7.99. The van der Waals surface area contributed by atoms with Crippen LogP contribution in [-0.4, -0.2) is 46.0 Å². The number of methoxy groups -OCH3 is 1. The molecule has 0 bridgehead atoms. The van der Waals surface area contributed by atoms with Gasteiger partial charge in [0.2, 0.25) is 11.8 Å². The number of nitrogens with zero attached hydrogens (tertiary/aromatic N) is 3. The second kappa shape index (κ2) is 9.51. The van der Waals surface area contributed by atoms with Crippen LogP contribution < -0.4 is 10.9 Å². The maximum absolute atomic E-state index is 11.8. The predicted octanol–water partition coefficient (Wildman–Crippen LogP) is 0.943. The Morgan fingerprint density at radius 3 is 2.48 bits per heavy atom. The van der Waals surface area contributed by atoms with Crippen molar-refractivity contribution in [1.82, 2.24) is 25.6 Å². The van der Waals surface area contributed by atoms with E-state index in [1.807, 2.05) is 18.4 Å². The Morgan fingerprint density at radius 1 is 1.22 bits per heavy atom. The van der Waals surface area contributed by atoms with Crippen molar-refractivity contribution < 1.29 is 14.3 Å². The van der Waals surface area contributed by atoms with Gasteiger partial charge < -0.3 is 9.30 Å². The van der Waals surface area contributed by atoms with Gasteiger partial charge in [0.1, 0.15) is 5.82 Å². The van der Waals surface area contributed by atoms with Gasteiger partial charge in [0.05, 0.1) is 12.4 Å². The van der Waals surface area contributed by atoms with Crippen LogP contribution in [0, 0.1) is 5.92 Å². The van der Waals surface area contributed by atoms with E-state index in [-0.39, 0.29) is 29.4 Å². The second-order valence-corrected chi connectivity index (χ2v) is 6.56. The lowest BCUT2D eigenvalue weighted by molar-refractivity contribution is -0.129. The maximum atomic E-state index is 11.8. The zero-order valence-corrected chi connectivity index (χ0v) is 15.1. The third-order valence-electron chi connectivity index (χ3n) is 2.96. The van der Waals surface area contributed by atoms with E-state index in [2.05, 4.69) is 21.0 Å². The van der Waals surface area contributed by atoms with E-state index in [1.54, 1.807) is 21.0 Å². The fourth-order valence-electron chi connectivity index (χ4n) is 1.67. The minimum Gasteiger partial charge on any atom is -0.383 e. The van der Waals surface area contributed by atoms with Gasteiger partial charge in [-0.05, 0) is 0 Å². The molecular formula is C14H25N5O3S. The highest BCUT2D eigenvalue weighted by Gasteiger charge is 2.16. The van der Waals surface area contributed by atoms with Crippen LogP contribution in [0.2, 0.25) is 0 Å².